The van der Waals surface area contributed by atoms with Gasteiger partial charge in [-0.15, -0.1) is 0 Å². The normalized spacial score (nSPS) is 11.2. The fourth-order valence-corrected chi connectivity index (χ4v) is 1.25. The summed E-state index contributed by atoms with van der Waals surface area (Å²) in [6, 6.07) is 5.69. The number of carbonyl (C=O) groups excluding carboxylic acids is 1. The van der Waals surface area contributed by atoms with Gasteiger partial charge in [-0.2, -0.15) is 0 Å². The highest BCUT2D eigenvalue weighted by Gasteiger charge is 2.20. The van der Waals surface area contributed by atoms with Crippen molar-refractivity contribution in [2.24, 2.45) is 5.73 Å². The molecule has 0 saturated heterocycles. The molecule has 1 rings (SSSR count). The Balaban J connectivity index is 3.14. The van der Waals surface area contributed by atoms with Crippen LogP contribution in [0.5, 0.6) is 0 Å². The Morgan fingerprint density at radius 3 is 2.69 bits per heavy atom. The molecule has 0 heterocycles. The topological polar surface area (TPSA) is 100 Å². The summed E-state index contributed by atoms with van der Waals surface area (Å²) in [5.41, 5.74) is 5.16. The Morgan fingerprint density at radius 1 is 1.50 bits per heavy atom. The largest absolute Gasteiger partial charge is 0.346 e. The van der Waals surface area contributed by atoms with Gasteiger partial charge in [-0.05, 0) is 24.1 Å². The Morgan fingerprint density at radius 2 is 2.12 bits per heavy atom. The molecular formula is C9H10N3O3S+. The van der Waals surface area contributed by atoms with Crippen LogP contribution in [0.25, 0.3) is 0 Å². The number of nitro groups is 1. The number of nitrogens with two attached hydrogens (primary N) is 1. The first-order chi connectivity index (χ1) is 7.56. The maximum absolute atomic E-state index is 11.6. The number of benzene rings is 1. The quantitative estimate of drug-likeness (QED) is 0.314. The molecule has 0 spiro atoms. The second-order valence-corrected chi connectivity index (χ2v) is 3.64. The van der Waals surface area contributed by atoms with E-state index >= 15 is 0 Å². The summed E-state index contributed by atoms with van der Waals surface area (Å²) in [4.78, 5) is 24.0. The number of thioether (sulfide) groups is 1. The minimum Gasteiger partial charge on any atom is -0.281 e. The molecule has 0 aliphatic carbocycles. The highest BCUT2D eigenvalue weighted by Crippen LogP contribution is 2.15. The summed E-state index contributed by atoms with van der Waals surface area (Å²) < 4.78 is 0. The van der Waals surface area contributed by atoms with Crippen LogP contribution in [-0.2, 0) is 0 Å². The number of nitrogens with one attached hydrogen (secondary N) is 1. The standard InChI is InChI=1S/C9H9N3O3S/c1-16-9(10)11-8(13)6-4-2-3-5-7(6)12(14)15/h2-5H,1H3,(H2,10,11,13)/p+1. The van der Waals surface area contributed by atoms with Crippen LogP contribution in [0.3, 0.4) is 0 Å². The smallest absolute Gasteiger partial charge is 0.281 e. The molecule has 84 valence electrons. The minimum absolute atomic E-state index is 0.00972. The molecule has 1 amide bonds. The molecule has 0 bridgehead atoms. The highest BCUT2D eigenvalue weighted by atomic mass is 32.2. The Bertz CT molecular complexity index is 459. The lowest BCUT2D eigenvalue weighted by molar-refractivity contribution is -0.387. The van der Waals surface area contributed by atoms with E-state index in [4.69, 9.17) is 5.73 Å². The van der Waals surface area contributed by atoms with Gasteiger partial charge in [0.25, 0.3) is 5.69 Å². The molecular weight excluding hydrogens is 230 g/mol. The van der Waals surface area contributed by atoms with E-state index in [0.29, 0.717) is 0 Å². The molecule has 16 heavy (non-hydrogen) atoms. The van der Waals surface area contributed by atoms with Crippen LogP contribution in [0.4, 0.5) is 5.69 Å². The fraction of sp³-hybridized carbons (Fsp3) is 0.111. The van der Waals surface area contributed by atoms with Gasteiger partial charge < -0.3 is 0 Å². The fourth-order valence-electron chi connectivity index (χ4n) is 1.06. The Hall–Kier alpha value is -1.89. The van der Waals surface area contributed by atoms with Gasteiger partial charge in [-0.1, -0.05) is 12.1 Å². The van der Waals surface area contributed by atoms with Crippen LogP contribution < -0.4 is 10.7 Å². The van der Waals surface area contributed by atoms with E-state index in [9.17, 15) is 14.9 Å². The van der Waals surface area contributed by atoms with Gasteiger partial charge in [-0.3, -0.25) is 15.8 Å². The van der Waals surface area contributed by atoms with Crippen LogP contribution in [0.2, 0.25) is 0 Å². The molecule has 1 aromatic rings. The van der Waals surface area contributed by atoms with Crippen molar-refractivity contribution in [1.29, 1.82) is 0 Å². The first kappa shape index (κ1) is 12.2. The first-order valence-corrected chi connectivity index (χ1v) is 5.50. The number of rotatable bonds is 2. The third-order valence-electron chi connectivity index (χ3n) is 1.80. The van der Waals surface area contributed by atoms with E-state index in [1.807, 2.05) is 0 Å². The number of hydrogen-bond acceptors (Lipinski definition) is 4. The van der Waals surface area contributed by atoms with E-state index < -0.39 is 10.8 Å². The van der Waals surface area contributed by atoms with Crippen LogP contribution in [0.15, 0.2) is 24.3 Å². The summed E-state index contributed by atoms with van der Waals surface area (Å²) in [6.45, 7) is 0. The first-order valence-electron chi connectivity index (χ1n) is 4.27. The number of nitrogens with zero attached hydrogens (tertiary/aromatic N) is 1. The molecule has 1 aromatic carbocycles. The number of amidine groups is 1. The molecule has 0 aliphatic rings. The second-order valence-electron chi connectivity index (χ2n) is 2.80. The molecule has 0 radical (unpaired) electrons. The average Bonchev–Trinajstić information content (AvgIpc) is 2.28. The zero-order chi connectivity index (χ0) is 12.1. The van der Waals surface area contributed by atoms with Crippen molar-refractivity contribution in [1.82, 2.24) is 0 Å². The minimum atomic E-state index is -0.607. The van der Waals surface area contributed by atoms with Gasteiger partial charge in [0.2, 0.25) is 0 Å². The lowest BCUT2D eigenvalue weighted by Crippen LogP contribution is -2.78. The average molecular weight is 240 g/mol. The SMILES string of the molecule is CSC(N)=[NH+]C(=O)c1ccccc1[N+](=O)[O-]. The van der Waals surface area contributed by atoms with Gasteiger partial charge in [0.05, 0.1) is 4.92 Å². The Labute approximate surface area is 95.7 Å². The summed E-state index contributed by atoms with van der Waals surface area (Å²) in [5, 5.41) is 10.9. The maximum atomic E-state index is 11.6. The summed E-state index contributed by atoms with van der Waals surface area (Å²) in [7, 11) is 0. The molecule has 0 atom stereocenters. The number of nitro benzene ring substituents is 1. The zero-order valence-corrected chi connectivity index (χ0v) is 9.28. The third-order valence-corrected chi connectivity index (χ3v) is 2.34. The van der Waals surface area contributed by atoms with Gasteiger partial charge in [0.1, 0.15) is 5.56 Å². The molecule has 7 heteroatoms. The van der Waals surface area contributed by atoms with E-state index in [1.165, 1.54) is 18.2 Å². The van der Waals surface area contributed by atoms with Crippen molar-refractivity contribution >= 4 is 28.5 Å². The molecule has 0 fully saturated rings. The maximum Gasteiger partial charge on any atom is 0.346 e. The Kier molecular flexibility index (Phi) is 4.01. The lowest BCUT2D eigenvalue weighted by atomic mass is 10.2. The van der Waals surface area contributed by atoms with Crippen molar-refractivity contribution in [3.63, 3.8) is 0 Å². The van der Waals surface area contributed by atoms with Crippen molar-refractivity contribution in [3.8, 4) is 0 Å². The van der Waals surface area contributed by atoms with Crippen molar-refractivity contribution in [2.75, 3.05) is 6.26 Å². The number of hydrogen-bond donors (Lipinski definition) is 2. The molecule has 6 nitrogen and oxygen atoms in total. The van der Waals surface area contributed by atoms with Gasteiger partial charge in [0, 0.05) is 6.07 Å². The second kappa shape index (κ2) is 5.26. The molecule has 0 aromatic heterocycles. The third kappa shape index (κ3) is 2.80. The molecule has 3 N–H and O–H groups in total. The lowest BCUT2D eigenvalue weighted by Gasteiger charge is -1.96. The van der Waals surface area contributed by atoms with E-state index in [2.05, 4.69) is 4.99 Å². The molecule has 0 aliphatic heterocycles. The monoisotopic (exact) mass is 240 g/mol. The summed E-state index contributed by atoms with van der Waals surface area (Å²) in [6.07, 6.45) is 1.69. The van der Waals surface area contributed by atoms with Crippen LogP contribution in [-0.4, -0.2) is 22.3 Å². The predicted molar refractivity (Wildman–Crippen MR) is 61.1 cm³/mol. The van der Waals surface area contributed by atoms with Gasteiger partial charge >= 0.3 is 11.1 Å². The molecule has 0 saturated carbocycles. The van der Waals surface area contributed by atoms with E-state index in [0.717, 1.165) is 11.8 Å². The van der Waals surface area contributed by atoms with Gasteiger partial charge in [0.15, 0.2) is 0 Å². The van der Waals surface area contributed by atoms with E-state index in [-0.39, 0.29) is 16.4 Å². The predicted octanol–water partition coefficient (Wildman–Crippen LogP) is -0.507. The summed E-state index contributed by atoms with van der Waals surface area (Å²) >= 11 is 1.15. The van der Waals surface area contributed by atoms with Crippen LogP contribution in [0, 0.1) is 10.1 Å². The number of amides is 1. The van der Waals surface area contributed by atoms with Gasteiger partial charge in [-0.25, -0.2) is 9.79 Å². The van der Waals surface area contributed by atoms with Crippen LogP contribution in [0.1, 0.15) is 10.4 Å². The zero-order valence-electron chi connectivity index (χ0n) is 8.47. The summed E-state index contributed by atoms with van der Waals surface area (Å²) in [5.74, 6) is -0.584. The van der Waals surface area contributed by atoms with Crippen molar-refractivity contribution in [3.05, 3.63) is 39.9 Å². The number of carbonyl (C=O) groups is 1. The highest BCUT2D eigenvalue weighted by molar-refractivity contribution is 8.12. The van der Waals surface area contributed by atoms with Crippen LogP contribution >= 0.6 is 11.8 Å². The van der Waals surface area contributed by atoms with Crippen molar-refractivity contribution in [2.45, 2.75) is 0 Å². The van der Waals surface area contributed by atoms with E-state index in [1.54, 1.807) is 12.3 Å². The van der Waals surface area contributed by atoms with Crippen molar-refractivity contribution < 1.29 is 14.7 Å². The number of para-hydroxylation sites is 1. The molecule has 0 unspecified atom stereocenters.